The molecule has 0 saturated heterocycles. The summed E-state index contributed by atoms with van der Waals surface area (Å²) in [5.41, 5.74) is 7.76. The Labute approximate surface area is 178 Å². The van der Waals surface area contributed by atoms with Crippen molar-refractivity contribution >= 4 is 66.1 Å². The van der Waals surface area contributed by atoms with Crippen molar-refractivity contribution in [2.75, 3.05) is 12.4 Å². The van der Waals surface area contributed by atoms with Crippen LogP contribution in [-0.2, 0) is 17.6 Å². The number of methoxy groups -OCH3 is 1. The van der Waals surface area contributed by atoms with E-state index in [0.717, 1.165) is 50.6 Å². The first kappa shape index (κ1) is 20.1. The Hall–Kier alpha value is -1.64. The van der Waals surface area contributed by atoms with Gasteiger partial charge < -0.3 is 15.8 Å². The molecule has 1 aliphatic carbocycles. The van der Waals surface area contributed by atoms with Crippen LogP contribution in [0.25, 0.3) is 6.08 Å². The number of amides is 2. The van der Waals surface area contributed by atoms with E-state index in [2.05, 4.69) is 37.2 Å². The normalized spacial score (nSPS) is 13.4. The van der Waals surface area contributed by atoms with Gasteiger partial charge in [0.1, 0.15) is 10.8 Å². The summed E-state index contributed by atoms with van der Waals surface area (Å²) in [6, 6.07) is 3.72. The maximum Gasteiger partial charge on any atom is 0.251 e. The van der Waals surface area contributed by atoms with Gasteiger partial charge in [-0.25, -0.2) is 0 Å². The van der Waals surface area contributed by atoms with Gasteiger partial charge in [0.15, 0.2) is 0 Å². The molecule has 1 aliphatic rings. The largest absolute Gasteiger partial charge is 0.495 e. The third-order valence-electron chi connectivity index (χ3n) is 4.31. The summed E-state index contributed by atoms with van der Waals surface area (Å²) in [6.45, 7) is 0. The molecule has 0 bridgehead atoms. The standard InChI is InChI=1S/C19H18Br2N2O3S/c1-26-17-10(8-11(20)9-13(17)21)6-7-15(24)23-19-16(18(22)25)12-4-2-3-5-14(12)27-19/h6-9H,2-5H2,1H3,(H2,22,25)(H,23,24)/b7-6+. The number of rotatable bonds is 5. The van der Waals surface area contributed by atoms with Crippen molar-refractivity contribution in [3.05, 3.63) is 48.7 Å². The third-order valence-corrected chi connectivity index (χ3v) is 6.56. The Morgan fingerprint density at radius 3 is 2.70 bits per heavy atom. The third kappa shape index (κ3) is 4.44. The van der Waals surface area contributed by atoms with Crippen LogP contribution in [0.3, 0.4) is 0 Å². The Morgan fingerprint density at radius 1 is 1.26 bits per heavy atom. The van der Waals surface area contributed by atoms with Crippen molar-refractivity contribution in [1.29, 1.82) is 0 Å². The second kappa shape index (κ2) is 8.58. The zero-order valence-electron chi connectivity index (χ0n) is 14.6. The van der Waals surface area contributed by atoms with Gasteiger partial charge in [0.2, 0.25) is 5.91 Å². The number of primary amides is 1. The number of halogens is 2. The molecule has 0 radical (unpaired) electrons. The van der Waals surface area contributed by atoms with Gasteiger partial charge in [-0.2, -0.15) is 0 Å². The van der Waals surface area contributed by atoms with Gasteiger partial charge in [-0.05, 0) is 65.4 Å². The summed E-state index contributed by atoms with van der Waals surface area (Å²) in [5, 5.41) is 3.35. The number of hydrogen-bond donors (Lipinski definition) is 2. The van der Waals surface area contributed by atoms with Crippen LogP contribution in [0.1, 0.15) is 39.2 Å². The molecule has 3 N–H and O–H groups in total. The van der Waals surface area contributed by atoms with Crippen molar-refractivity contribution in [3.8, 4) is 5.75 Å². The van der Waals surface area contributed by atoms with Crippen molar-refractivity contribution < 1.29 is 14.3 Å². The summed E-state index contributed by atoms with van der Waals surface area (Å²) in [6.07, 6.45) is 6.97. The van der Waals surface area contributed by atoms with E-state index in [0.29, 0.717) is 16.3 Å². The van der Waals surface area contributed by atoms with E-state index in [1.807, 2.05) is 12.1 Å². The van der Waals surface area contributed by atoms with E-state index in [4.69, 9.17) is 10.5 Å². The lowest BCUT2D eigenvalue weighted by Crippen LogP contribution is -2.17. The number of thiophene rings is 1. The number of carbonyl (C=O) groups excluding carboxylic acids is 2. The molecular formula is C19H18Br2N2O3S. The SMILES string of the molecule is COc1c(Br)cc(Br)cc1/C=C/C(=O)Nc1sc2c(c1C(N)=O)CCCC2. The number of nitrogens with one attached hydrogen (secondary N) is 1. The van der Waals surface area contributed by atoms with Crippen LogP contribution >= 0.6 is 43.2 Å². The lowest BCUT2D eigenvalue weighted by molar-refractivity contribution is -0.111. The minimum absolute atomic E-state index is 0.325. The highest BCUT2D eigenvalue weighted by atomic mass is 79.9. The number of ether oxygens (including phenoxy) is 1. The van der Waals surface area contributed by atoms with E-state index < -0.39 is 5.91 Å². The van der Waals surface area contributed by atoms with Crippen LogP contribution in [0.5, 0.6) is 5.75 Å². The molecule has 2 aromatic rings. The second-order valence-corrected chi connectivity index (χ2v) is 8.99. The summed E-state index contributed by atoms with van der Waals surface area (Å²) >= 11 is 8.31. The highest BCUT2D eigenvalue weighted by Crippen LogP contribution is 2.38. The average Bonchev–Trinajstić information content (AvgIpc) is 2.97. The van der Waals surface area contributed by atoms with Crippen LogP contribution in [0.15, 0.2) is 27.2 Å². The average molecular weight is 514 g/mol. The number of hydrogen-bond acceptors (Lipinski definition) is 4. The summed E-state index contributed by atoms with van der Waals surface area (Å²) in [4.78, 5) is 25.5. The van der Waals surface area contributed by atoms with E-state index in [9.17, 15) is 9.59 Å². The van der Waals surface area contributed by atoms with E-state index in [-0.39, 0.29) is 5.91 Å². The van der Waals surface area contributed by atoms with Gasteiger partial charge in [0.05, 0.1) is 17.1 Å². The lowest BCUT2D eigenvalue weighted by atomic mass is 9.95. The number of fused-ring (bicyclic) bond motifs is 1. The van der Waals surface area contributed by atoms with Crippen LogP contribution in [-0.4, -0.2) is 18.9 Å². The Bertz CT molecular complexity index is 938. The molecule has 142 valence electrons. The second-order valence-electron chi connectivity index (χ2n) is 6.11. The fraction of sp³-hybridized carbons (Fsp3) is 0.263. The van der Waals surface area contributed by atoms with Crippen LogP contribution in [0.4, 0.5) is 5.00 Å². The first-order valence-electron chi connectivity index (χ1n) is 8.37. The summed E-state index contributed by atoms with van der Waals surface area (Å²) < 4.78 is 7.02. The smallest absolute Gasteiger partial charge is 0.251 e. The van der Waals surface area contributed by atoms with Crippen molar-refractivity contribution in [1.82, 2.24) is 0 Å². The lowest BCUT2D eigenvalue weighted by Gasteiger charge is -2.11. The van der Waals surface area contributed by atoms with Crippen molar-refractivity contribution in [2.45, 2.75) is 25.7 Å². The number of carbonyl (C=O) groups is 2. The molecule has 1 heterocycles. The summed E-state index contributed by atoms with van der Waals surface area (Å²) in [7, 11) is 1.57. The van der Waals surface area contributed by atoms with Crippen LogP contribution in [0.2, 0.25) is 0 Å². The molecule has 27 heavy (non-hydrogen) atoms. The fourth-order valence-corrected chi connectivity index (χ4v) is 5.87. The van der Waals surface area contributed by atoms with Gasteiger partial charge in [0, 0.05) is 21.0 Å². The molecule has 3 rings (SSSR count). The number of aryl methyl sites for hydroxylation is 1. The van der Waals surface area contributed by atoms with E-state index in [1.54, 1.807) is 13.2 Å². The minimum atomic E-state index is -0.494. The van der Waals surface area contributed by atoms with Gasteiger partial charge in [-0.1, -0.05) is 15.9 Å². The summed E-state index contributed by atoms with van der Waals surface area (Å²) in [5.74, 6) is -0.188. The van der Waals surface area contributed by atoms with Crippen LogP contribution in [0, 0.1) is 0 Å². The maximum absolute atomic E-state index is 12.4. The Morgan fingerprint density at radius 2 is 2.00 bits per heavy atom. The van der Waals surface area contributed by atoms with Crippen molar-refractivity contribution in [2.24, 2.45) is 5.73 Å². The van der Waals surface area contributed by atoms with Crippen molar-refractivity contribution in [3.63, 3.8) is 0 Å². The highest BCUT2D eigenvalue weighted by molar-refractivity contribution is 9.11. The Kier molecular flexibility index (Phi) is 6.39. The molecular weight excluding hydrogens is 496 g/mol. The number of anilines is 1. The van der Waals surface area contributed by atoms with Gasteiger partial charge in [-0.3, -0.25) is 9.59 Å². The molecule has 0 fully saturated rings. The van der Waals surface area contributed by atoms with Crippen LogP contribution < -0.4 is 15.8 Å². The quantitative estimate of drug-likeness (QED) is 0.557. The first-order valence-corrected chi connectivity index (χ1v) is 10.8. The molecule has 0 unspecified atom stereocenters. The molecule has 0 spiro atoms. The topological polar surface area (TPSA) is 81.4 Å². The van der Waals surface area contributed by atoms with E-state index in [1.165, 1.54) is 17.4 Å². The number of nitrogens with two attached hydrogens (primary N) is 1. The first-order chi connectivity index (χ1) is 12.9. The minimum Gasteiger partial charge on any atom is -0.495 e. The molecule has 0 aliphatic heterocycles. The molecule has 1 aromatic carbocycles. The molecule has 0 saturated carbocycles. The maximum atomic E-state index is 12.4. The molecule has 2 amide bonds. The van der Waals surface area contributed by atoms with Gasteiger partial charge in [-0.15, -0.1) is 11.3 Å². The molecule has 0 atom stereocenters. The predicted molar refractivity (Wildman–Crippen MR) is 116 cm³/mol. The number of benzene rings is 1. The van der Waals surface area contributed by atoms with Gasteiger partial charge in [0.25, 0.3) is 5.91 Å². The predicted octanol–water partition coefficient (Wildman–Crippen LogP) is 4.91. The zero-order chi connectivity index (χ0) is 19.6. The molecule has 8 heteroatoms. The highest BCUT2D eigenvalue weighted by Gasteiger charge is 2.24. The zero-order valence-corrected chi connectivity index (χ0v) is 18.6. The molecule has 5 nitrogen and oxygen atoms in total. The van der Waals surface area contributed by atoms with E-state index >= 15 is 0 Å². The van der Waals surface area contributed by atoms with Gasteiger partial charge >= 0.3 is 0 Å². The fourth-order valence-electron chi connectivity index (χ4n) is 3.15. The molecule has 1 aromatic heterocycles. The Balaban J connectivity index is 1.84. The monoisotopic (exact) mass is 512 g/mol.